The minimum atomic E-state index is 0.763. The Morgan fingerprint density at radius 3 is 2.21 bits per heavy atom. The maximum atomic E-state index is 6.69. The van der Waals surface area contributed by atoms with Gasteiger partial charge in [0, 0.05) is 31.5 Å². The van der Waals surface area contributed by atoms with Crippen LogP contribution in [-0.2, 0) is 0 Å². The Balaban J connectivity index is 2.09. The summed E-state index contributed by atoms with van der Waals surface area (Å²) in [4.78, 5) is 0. The molecule has 0 aliphatic heterocycles. The maximum absolute atomic E-state index is 6.69. The molecule has 5 aromatic rings. The average Bonchev–Trinajstić information content (AvgIpc) is 3.13. The highest BCUT2D eigenvalue weighted by Gasteiger charge is 2.23. The highest BCUT2D eigenvalue weighted by molar-refractivity contribution is 9.10. The highest BCUT2D eigenvalue weighted by atomic mass is 79.9. The fourth-order valence-electron chi connectivity index (χ4n) is 5.05. The molecule has 1 aromatic heterocycles. The van der Waals surface area contributed by atoms with E-state index < -0.39 is 0 Å². The van der Waals surface area contributed by atoms with Gasteiger partial charge in [-0.3, -0.25) is 0 Å². The zero-order valence-electron chi connectivity index (χ0n) is 19.9. The van der Waals surface area contributed by atoms with E-state index in [4.69, 9.17) is 11.6 Å². The third-order valence-electron chi connectivity index (χ3n) is 7.17. The van der Waals surface area contributed by atoms with Crippen LogP contribution in [0.15, 0.2) is 59.1 Å². The fourth-order valence-corrected chi connectivity index (χ4v) is 5.83. The van der Waals surface area contributed by atoms with Crippen molar-refractivity contribution in [2.45, 2.75) is 41.5 Å². The lowest BCUT2D eigenvalue weighted by molar-refractivity contribution is 1.16. The fraction of sp³-hybridized carbons (Fsp3) is 0.200. The predicted molar refractivity (Wildman–Crippen MR) is 147 cm³/mol. The molecule has 0 N–H and O–H groups in total. The summed E-state index contributed by atoms with van der Waals surface area (Å²) in [6.45, 7) is 13.2. The third-order valence-corrected chi connectivity index (χ3v) is 8.39. The van der Waals surface area contributed by atoms with Crippen LogP contribution in [0.4, 0.5) is 0 Å². The molecule has 5 rings (SSSR count). The van der Waals surface area contributed by atoms with E-state index in [0.29, 0.717) is 0 Å². The van der Waals surface area contributed by atoms with Crippen molar-refractivity contribution in [1.82, 2.24) is 4.57 Å². The Bertz CT molecular complexity index is 1570. The quantitative estimate of drug-likeness (QED) is 0.220. The Morgan fingerprint density at radius 2 is 1.48 bits per heavy atom. The maximum Gasteiger partial charge on any atom is 0.0625 e. The summed E-state index contributed by atoms with van der Waals surface area (Å²) in [5.41, 5.74) is 13.7. The molecule has 0 amide bonds. The van der Waals surface area contributed by atoms with Gasteiger partial charge in [0.05, 0.1) is 11.0 Å². The molecule has 0 aliphatic rings. The molecule has 1 heterocycles. The van der Waals surface area contributed by atoms with Crippen LogP contribution in [0.2, 0.25) is 5.02 Å². The van der Waals surface area contributed by atoms with Crippen LogP contribution in [0, 0.1) is 41.5 Å². The molecular weight excluding hydrogens is 490 g/mol. The van der Waals surface area contributed by atoms with Gasteiger partial charge in [0.2, 0.25) is 0 Å². The molecule has 0 bridgehead atoms. The van der Waals surface area contributed by atoms with Crippen LogP contribution in [0.5, 0.6) is 0 Å². The van der Waals surface area contributed by atoms with E-state index in [-0.39, 0.29) is 0 Å². The average molecular weight is 517 g/mol. The number of benzene rings is 4. The van der Waals surface area contributed by atoms with E-state index in [1.165, 1.54) is 60.8 Å². The number of fused-ring (bicyclic) bond motifs is 3. The normalized spacial score (nSPS) is 11.6. The Labute approximate surface area is 209 Å². The van der Waals surface area contributed by atoms with Crippen LogP contribution >= 0.6 is 27.5 Å². The van der Waals surface area contributed by atoms with E-state index in [1.54, 1.807) is 0 Å². The highest BCUT2D eigenvalue weighted by Crippen LogP contribution is 2.44. The number of aromatic nitrogens is 1. The van der Waals surface area contributed by atoms with Crippen molar-refractivity contribution in [1.29, 1.82) is 0 Å². The second kappa shape index (κ2) is 8.04. The van der Waals surface area contributed by atoms with Gasteiger partial charge in [-0.05, 0) is 93.1 Å². The molecule has 3 heteroatoms. The standard InChI is InChI=1S/C30H27BrClN/c1-16-11-12-17(2)24(13-16)29-20(5)18(3)19(4)28-23-9-7-8-10-27(23)33(30(28)29)22-14-25(31)21(6)26(32)15-22/h7-15H,1-6H3. The molecule has 0 spiro atoms. The van der Waals surface area contributed by atoms with Crippen molar-refractivity contribution in [2.75, 3.05) is 0 Å². The smallest absolute Gasteiger partial charge is 0.0625 e. The number of aryl methyl sites for hydroxylation is 3. The third kappa shape index (κ3) is 3.34. The largest absolute Gasteiger partial charge is 0.309 e. The zero-order valence-corrected chi connectivity index (χ0v) is 22.2. The summed E-state index contributed by atoms with van der Waals surface area (Å²) in [5.74, 6) is 0. The minimum absolute atomic E-state index is 0.763. The number of rotatable bonds is 2. The van der Waals surface area contributed by atoms with Crippen LogP contribution in [0.1, 0.15) is 33.4 Å². The number of hydrogen-bond donors (Lipinski definition) is 0. The zero-order chi connectivity index (χ0) is 23.6. The van der Waals surface area contributed by atoms with Crippen LogP contribution in [0.25, 0.3) is 38.6 Å². The molecule has 33 heavy (non-hydrogen) atoms. The lowest BCUT2D eigenvalue weighted by Gasteiger charge is -2.20. The minimum Gasteiger partial charge on any atom is -0.309 e. The molecule has 0 atom stereocenters. The number of hydrogen-bond acceptors (Lipinski definition) is 0. The van der Waals surface area contributed by atoms with Crippen molar-refractivity contribution in [3.63, 3.8) is 0 Å². The summed E-state index contributed by atoms with van der Waals surface area (Å²) in [6, 6.07) is 19.7. The summed E-state index contributed by atoms with van der Waals surface area (Å²) >= 11 is 10.4. The summed E-state index contributed by atoms with van der Waals surface area (Å²) in [6.07, 6.45) is 0. The topological polar surface area (TPSA) is 4.93 Å². The summed E-state index contributed by atoms with van der Waals surface area (Å²) in [5, 5.41) is 3.35. The molecule has 0 unspecified atom stereocenters. The van der Waals surface area contributed by atoms with Gasteiger partial charge in [0.15, 0.2) is 0 Å². The Kier molecular flexibility index (Phi) is 5.42. The molecule has 1 nitrogen and oxygen atoms in total. The molecular formula is C30H27BrClN. The second-order valence-corrected chi connectivity index (χ2v) is 10.4. The van der Waals surface area contributed by atoms with Crippen molar-refractivity contribution in [2.24, 2.45) is 0 Å². The summed E-state index contributed by atoms with van der Waals surface area (Å²) < 4.78 is 3.42. The second-order valence-electron chi connectivity index (χ2n) is 9.18. The van der Waals surface area contributed by atoms with Crippen LogP contribution in [0.3, 0.4) is 0 Å². The van der Waals surface area contributed by atoms with E-state index >= 15 is 0 Å². The van der Waals surface area contributed by atoms with Crippen molar-refractivity contribution < 1.29 is 0 Å². The summed E-state index contributed by atoms with van der Waals surface area (Å²) in [7, 11) is 0. The van der Waals surface area contributed by atoms with E-state index in [2.05, 4.69) is 110 Å². The number of para-hydroxylation sites is 1. The van der Waals surface area contributed by atoms with Gasteiger partial charge in [-0.2, -0.15) is 0 Å². The van der Waals surface area contributed by atoms with Crippen molar-refractivity contribution >= 4 is 49.3 Å². The Morgan fingerprint density at radius 1 is 0.758 bits per heavy atom. The first-order valence-electron chi connectivity index (χ1n) is 11.3. The lowest BCUT2D eigenvalue weighted by Crippen LogP contribution is -2.01. The van der Waals surface area contributed by atoms with E-state index in [1.807, 2.05) is 6.92 Å². The Hall–Kier alpha value is -2.55. The first kappa shape index (κ1) is 22.3. The van der Waals surface area contributed by atoms with Gasteiger partial charge in [-0.25, -0.2) is 0 Å². The first-order valence-corrected chi connectivity index (χ1v) is 12.4. The molecule has 4 aromatic carbocycles. The monoisotopic (exact) mass is 515 g/mol. The van der Waals surface area contributed by atoms with Crippen LogP contribution < -0.4 is 0 Å². The van der Waals surface area contributed by atoms with E-state index in [9.17, 15) is 0 Å². The molecule has 0 radical (unpaired) electrons. The SMILES string of the molecule is Cc1ccc(C)c(-c2c(C)c(C)c(C)c3c4ccccc4n(-c4cc(Cl)c(C)c(Br)c4)c23)c1. The molecule has 0 saturated carbocycles. The van der Waals surface area contributed by atoms with E-state index in [0.717, 1.165) is 20.7 Å². The van der Waals surface area contributed by atoms with Gasteiger partial charge < -0.3 is 4.57 Å². The predicted octanol–water partition coefficient (Wildman–Crippen LogP) is 9.72. The van der Waals surface area contributed by atoms with Gasteiger partial charge in [-0.1, -0.05) is 69.5 Å². The van der Waals surface area contributed by atoms with Crippen LogP contribution in [-0.4, -0.2) is 4.57 Å². The van der Waals surface area contributed by atoms with Crippen molar-refractivity contribution in [3.05, 3.63) is 97.5 Å². The van der Waals surface area contributed by atoms with Gasteiger partial charge in [-0.15, -0.1) is 0 Å². The first-order chi connectivity index (χ1) is 15.7. The number of halogens is 2. The molecule has 0 saturated heterocycles. The van der Waals surface area contributed by atoms with Gasteiger partial charge in [0.1, 0.15) is 0 Å². The molecule has 166 valence electrons. The molecule has 0 aliphatic carbocycles. The number of nitrogens with zero attached hydrogens (tertiary/aromatic N) is 1. The van der Waals surface area contributed by atoms with Crippen molar-refractivity contribution in [3.8, 4) is 16.8 Å². The molecule has 0 fully saturated rings. The van der Waals surface area contributed by atoms with Gasteiger partial charge in [0.25, 0.3) is 0 Å². The lowest BCUT2D eigenvalue weighted by atomic mass is 9.87. The van der Waals surface area contributed by atoms with Gasteiger partial charge >= 0.3 is 0 Å².